The van der Waals surface area contributed by atoms with Crippen LogP contribution >= 0.6 is 11.6 Å². The number of alkyl halides is 3. The molecule has 0 aliphatic carbocycles. The minimum Gasteiger partial charge on any atom is -0.405 e. The van der Waals surface area contributed by atoms with E-state index in [1.165, 1.54) is 30.3 Å². The zero-order valence-corrected chi connectivity index (χ0v) is 17.9. The molecule has 3 rings (SSSR count). The minimum absolute atomic E-state index is 0.140. The van der Waals surface area contributed by atoms with Gasteiger partial charge in [-0.3, -0.25) is 9.59 Å². The van der Waals surface area contributed by atoms with Crippen LogP contribution in [0.25, 0.3) is 11.1 Å². The highest BCUT2D eigenvalue weighted by Crippen LogP contribution is 2.38. The maximum Gasteiger partial charge on any atom is 0.573 e. The normalized spacial score (nSPS) is 16.5. The fraction of sp³-hybridized carbons (Fsp3) is 0.364. The van der Waals surface area contributed by atoms with Gasteiger partial charge in [-0.1, -0.05) is 35.9 Å². The third kappa shape index (κ3) is 5.92. The highest BCUT2D eigenvalue weighted by molar-refractivity contribution is 6.33. The number of carbonyl (C=O) groups is 2. The number of nitrogens with zero attached hydrogens (tertiary/aromatic N) is 1. The second-order valence-electron chi connectivity index (χ2n) is 7.37. The molecule has 3 N–H and O–H groups in total. The first-order valence-electron chi connectivity index (χ1n) is 10.1. The monoisotopic (exact) mass is 469 g/mol. The summed E-state index contributed by atoms with van der Waals surface area (Å²) in [6, 6.07) is 9.55. The van der Waals surface area contributed by atoms with Crippen LogP contribution in [-0.2, 0) is 9.59 Å². The second-order valence-corrected chi connectivity index (χ2v) is 7.77. The number of hydrogen-bond donors (Lipinski definition) is 2. The van der Waals surface area contributed by atoms with Crippen molar-refractivity contribution in [2.24, 2.45) is 5.73 Å². The van der Waals surface area contributed by atoms with Crippen LogP contribution in [0.4, 0.5) is 18.9 Å². The van der Waals surface area contributed by atoms with Gasteiger partial charge in [0.2, 0.25) is 11.8 Å². The van der Waals surface area contributed by atoms with Gasteiger partial charge in [0.15, 0.2) is 0 Å². The van der Waals surface area contributed by atoms with E-state index in [4.69, 9.17) is 17.3 Å². The van der Waals surface area contributed by atoms with Gasteiger partial charge in [0.25, 0.3) is 0 Å². The number of hydrogen-bond acceptors (Lipinski definition) is 4. The van der Waals surface area contributed by atoms with Crippen LogP contribution in [0.2, 0.25) is 5.02 Å². The Hall–Kier alpha value is -2.78. The van der Waals surface area contributed by atoms with Crippen LogP contribution in [0.5, 0.6) is 5.75 Å². The van der Waals surface area contributed by atoms with E-state index in [0.29, 0.717) is 24.2 Å². The molecule has 1 unspecified atom stereocenters. The fourth-order valence-corrected chi connectivity index (χ4v) is 3.99. The molecule has 1 heterocycles. The van der Waals surface area contributed by atoms with Crippen LogP contribution in [0.15, 0.2) is 42.5 Å². The minimum atomic E-state index is -4.84. The first-order chi connectivity index (χ1) is 15.2. The number of nitrogens with two attached hydrogens (primary N) is 1. The van der Waals surface area contributed by atoms with Gasteiger partial charge >= 0.3 is 6.36 Å². The number of carbonyl (C=O) groups excluding carboxylic acids is 2. The van der Waals surface area contributed by atoms with Gasteiger partial charge in [-0.2, -0.15) is 0 Å². The standard InChI is InChI=1S/C22H23ClF3N3O3/c23-17-13-14(28-21(31)18-6-3-4-12-29(18)20(30)10-11-27)8-9-15(17)16-5-1-2-7-19(16)32-22(24,25)26/h1-2,5,7-9,13,18H,3-4,6,10-12,27H2,(H,28,31). The molecular weight excluding hydrogens is 447 g/mol. The highest BCUT2D eigenvalue weighted by atomic mass is 35.5. The molecule has 1 aliphatic heterocycles. The first-order valence-corrected chi connectivity index (χ1v) is 10.5. The lowest BCUT2D eigenvalue weighted by atomic mass is 10.0. The molecule has 2 aromatic rings. The van der Waals surface area contributed by atoms with Crippen LogP contribution in [0, 0.1) is 0 Å². The largest absolute Gasteiger partial charge is 0.573 e. The van der Waals surface area contributed by atoms with E-state index in [-0.39, 0.29) is 41.1 Å². The number of benzene rings is 2. The molecule has 6 nitrogen and oxygen atoms in total. The molecule has 1 saturated heterocycles. The lowest BCUT2D eigenvalue weighted by molar-refractivity contribution is -0.274. The predicted molar refractivity (Wildman–Crippen MR) is 115 cm³/mol. The Labute approximate surface area is 188 Å². The number of rotatable bonds is 6. The van der Waals surface area contributed by atoms with Gasteiger partial charge in [-0.25, -0.2) is 0 Å². The van der Waals surface area contributed by atoms with Crippen LogP contribution in [0.3, 0.4) is 0 Å². The lowest BCUT2D eigenvalue weighted by Gasteiger charge is -2.34. The average Bonchev–Trinajstić information content (AvgIpc) is 2.73. The topological polar surface area (TPSA) is 84.7 Å². The maximum atomic E-state index is 12.8. The van der Waals surface area contributed by atoms with Crippen molar-refractivity contribution in [3.63, 3.8) is 0 Å². The number of nitrogens with one attached hydrogen (secondary N) is 1. The molecule has 1 fully saturated rings. The number of halogens is 4. The molecular formula is C22H23ClF3N3O3. The van der Waals surface area contributed by atoms with Gasteiger partial charge < -0.3 is 20.7 Å². The fourth-order valence-electron chi connectivity index (χ4n) is 3.71. The Balaban J connectivity index is 1.79. The molecule has 32 heavy (non-hydrogen) atoms. The van der Waals surface area contributed by atoms with Gasteiger partial charge in [0.1, 0.15) is 11.8 Å². The summed E-state index contributed by atoms with van der Waals surface area (Å²) in [6.07, 6.45) is -2.50. The molecule has 0 spiro atoms. The Bertz CT molecular complexity index is 984. The SMILES string of the molecule is NCCC(=O)N1CCCCC1C(=O)Nc1ccc(-c2ccccc2OC(F)(F)F)c(Cl)c1. The number of amides is 2. The van der Waals surface area contributed by atoms with E-state index in [1.54, 1.807) is 17.0 Å². The van der Waals surface area contributed by atoms with Crippen molar-refractivity contribution in [1.82, 2.24) is 4.90 Å². The Kier molecular flexibility index (Phi) is 7.63. The molecule has 2 amide bonds. The Morgan fingerprint density at radius 3 is 2.59 bits per heavy atom. The van der Waals surface area contributed by atoms with Crippen molar-refractivity contribution in [2.45, 2.75) is 38.1 Å². The average molecular weight is 470 g/mol. The first kappa shape index (κ1) is 23.9. The van der Waals surface area contributed by atoms with E-state index in [0.717, 1.165) is 12.8 Å². The quantitative estimate of drug-likeness (QED) is 0.649. The van der Waals surface area contributed by atoms with Crippen LogP contribution in [-0.4, -0.2) is 42.2 Å². The molecule has 2 aromatic carbocycles. The molecule has 10 heteroatoms. The highest BCUT2D eigenvalue weighted by Gasteiger charge is 2.33. The number of likely N-dealkylation sites (tertiary alicyclic amines) is 1. The van der Waals surface area contributed by atoms with E-state index >= 15 is 0 Å². The number of para-hydroxylation sites is 1. The van der Waals surface area contributed by atoms with Crippen molar-refractivity contribution in [2.75, 3.05) is 18.4 Å². The third-order valence-electron chi connectivity index (χ3n) is 5.12. The molecule has 0 radical (unpaired) electrons. The Morgan fingerprint density at radius 1 is 1.16 bits per heavy atom. The summed E-state index contributed by atoms with van der Waals surface area (Å²) < 4.78 is 42.3. The second kappa shape index (κ2) is 10.2. The smallest absolute Gasteiger partial charge is 0.405 e. The van der Waals surface area contributed by atoms with Gasteiger partial charge in [-0.05, 0) is 37.5 Å². The predicted octanol–water partition coefficient (Wildman–Crippen LogP) is 4.57. The zero-order valence-electron chi connectivity index (χ0n) is 17.1. The van der Waals surface area contributed by atoms with Crippen LogP contribution in [0.1, 0.15) is 25.7 Å². The zero-order chi connectivity index (χ0) is 23.3. The van der Waals surface area contributed by atoms with Crippen molar-refractivity contribution in [1.29, 1.82) is 0 Å². The van der Waals surface area contributed by atoms with Crippen LogP contribution < -0.4 is 15.8 Å². The summed E-state index contributed by atoms with van der Waals surface area (Å²) in [6.45, 7) is 0.701. The van der Waals surface area contributed by atoms with Crippen molar-refractivity contribution >= 4 is 29.1 Å². The molecule has 172 valence electrons. The van der Waals surface area contributed by atoms with Crippen molar-refractivity contribution in [3.8, 4) is 16.9 Å². The lowest BCUT2D eigenvalue weighted by Crippen LogP contribution is -2.50. The number of anilines is 1. The van der Waals surface area contributed by atoms with E-state index in [9.17, 15) is 22.8 Å². The van der Waals surface area contributed by atoms with E-state index < -0.39 is 12.4 Å². The molecule has 0 aromatic heterocycles. The number of ether oxygens (including phenoxy) is 1. The summed E-state index contributed by atoms with van der Waals surface area (Å²) in [5.41, 5.74) is 6.33. The van der Waals surface area contributed by atoms with Gasteiger partial charge in [0.05, 0.1) is 5.02 Å². The van der Waals surface area contributed by atoms with Gasteiger partial charge in [0, 0.05) is 36.3 Å². The molecule has 1 aliphatic rings. The molecule has 1 atom stereocenters. The van der Waals surface area contributed by atoms with E-state index in [2.05, 4.69) is 10.1 Å². The van der Waals surface area contributed by atoms with Crippen molar-refractivity contribution < 1.29 is 27.5 Å². The summed E-state index contributed by atoms with van der Waals surface area (Å²) >= 11 is 6.33. The summed E-state index contributed by atoms with van der Waals surface area (Å²) in [5, 5.41) is 2.89. The molecule has 0 bridgehead atoms. The summed E-state index contributed by atoms with van der Waals surface area (Å²) in [5.74, 6) is -0.892. The van der Waals surface area contributed by atoms with Crippen molar-refractivity contribution in [3.05, 3.63) is 47.5 Å². The summed E-state index contributed by atoms with van der Waals surface area (Å²) in [4.78, 5) is 26.7. The van der Waals surface area contributed by atoms with Gasteiger partial charge in [-0.15, -0.1) is 13.2 Å². The maximum absolute atomic E-state index is 12.8. The molecule has 0 saturated carbocycles. The van der Waals surface area contributed by atoms with E-state index in [1.807, 2.05) is 0 Å². The number of piperidine rings is 1. The Morgan fingerprint density at radius 2 is 1.91 bits per heavy atom. The summed E-state index contributed by atoms with van der Waals surface area (Å²) in [7, 11) is 0. The third-order valence-corrected chi connectivity index (χ3v) is 5.44.